The van der Waals surface area contributed by atoms with Gasteiger partial charge in [0, 0.05) is 8.22 Å². The number of aliphatic hydroxyl groups is 4. The molecule has 0 aromatic carbocycles. The second kappa shape index (κ2) is 13.0. The Hall–Kier alpha value is -1.55. The molecule has 0 radical (unpaired) electrons. The molecule has 0 spiro atoms. The van der Waals surface area contributed by atoms with Gasteiger partial charge in [-0.3, -0.25) is 0 Å². The predicted octanol–water partition coefficient (Wildman–Crippen LogP) is 4.65. The first-order chi connectivity index (χ1) is 21.7. The maximum atomic E-state index is 11.5. The van der Waals surface area contributed by atoms with E-state index in [0.717, 1.165) is 43.3 Å². The third kappa shape index (κ3) is 7.34. The van der Waals surface area contributed by atoms with Crippen LogP contribution >= 0.6 is 0 Å². The molecule has 232 valence electrons. The fraction of sp³-hybridized carbons (Fsp3) is 0.788. The number of carboxylic acids is 1. The highest BCUT2D eigenvalue weighted by Gasteiger charge is 2.51. The number of aliphatic carboxylic acids is 1. The van der Waals surface area contributed by atoms with Gasteiger partial charge < -0.3 is 35.0 Å². The highest BCUT2D eigenvalue weighted by molar-refractivity contribution is 5.73. The Morgan fingerprint density at radius 3 is 2.66 bits per heavy atom. The first kappa shape index (κ1) is 24.8. The van der Waals surface area contributed by atoms with Gasteiger partial charge in [-0.2, -0.15) is 0 Å². The van der Waals surface area contributed by atoms with Gasteiger partial charge in [0.1, 0.15) is 18.3 Å². The van der Waals surface area contributed by atoms with Crippen LogP contribution in [0.2, 0.25) is 0 Å². The minimum atomic E-state index is -3.00. The molecule has 0 bridgehead atoms. The summed E-state index contributed by atoms with van der Waals surface area (Å²) in [6.45, 7) is 2.72. The van der Waals surface area contributed by atoms with Crippen LogP contribution in [-0.4, -0.2) is 73.9 Å². The molecule has 10 atom stereocenters. The van der Waals surface area contributed by atoms with Crippen molar-refractivity contribution in [3.8, 4) is 0 Å². The molecular weight excluding hydrogens is 524 g/mol. The third-order valence-electron chi connectivity index (χ3n) is 10.2. The number of allylic oxidation sites excluding steroid dienone is 4. The maximum Gasteiger partial charge on any atom is 0.335 e. The van der Waals surface area contributed by atoms with Gasteiger partial charge in [0.15, 0.2) is 12.4 Å². The molecule has 3 saturated carbocycles. The minimum absolute atomic E-state index is 0.0438. The van der Waals surface area contributed by atoms with Crippen molar-refractivity contribution in [2.45, 2.75) is 141 Å². The van der Waals surface area contributed by atoms with Crippen molar-refractivity contribution in [2.75, 3.05) is 0 Å². The lowest BCUT2D eigenvalue weighted by molar-refractivity contribution is -0.304. The Labute approximate surface area is 253 Å². The van der Waals surface area contributed by atoms with Gasteiger partial charge in [0.25, 0.3) is 0 Å². The van der Waals surface area contributed by atoms with Crippen molar-refractivity contribution in [2.24, 2.45) is 23.2 Å². The Morgan fingerprint density at radius 1 is 1.20 bits per heavy atom. The van der Waals surface area contributed by atoms with Gasteiger partial charge in [-0.15, -0.1) is 0 Å². The smallest absolute Gasteiger partial charge is 0.335 e. The third-order valence-corrected chi connectivity index (χ3v) is 10.2. The van der Waals surface area contributed by atoms with Gasteiger partial charge in [0.05, 0.1) is 11.7 Å². The Balaban J connectivity index is 1.41. The predicted molar refractivity (Wildman–Crippen MR) is 156 cm³/mol. The Morgan fingerprint density at radius 2 is 1.95 bits per heavy atom. The molecule has 5 N–H and O–H groups in total. The molecule has 1 heterocycles. The topological polar surface area (TPSA) is 137 Å². The number of aliphatic hydroxyl groups excluding tert-OH is 3. The monoisotopic (exact) mass is 582 g/mol. The van der Waals surface area contributed by atoms with Crippen LogP contribution in [0.1, 0.15) is 106 Å². The van der Waals surface area contributed by atoms with Crippen LogP contribution in [0.5, 0.6) is 0 Å². The van der Waals surface area contributed by atoms with E-state index in [1.54, 1.807) is 0 Å². The summed E-state index contributed by atoms with van der Waals surface area (Å²) in [6, 6.07) is 0. The summed E-state index contributed by atoms with van der Waals surface area (Å²) >= 11 is 0. The summed E-state index contributed by atoms with van der Waals surface area (Å²) in [5.74, 6) is -0.476. The molecule has 0 unspecified atom stereocenters. The molecule has 3 aliphatic carbocycles. The van der Waals surface area contributed by atoms with E-state index in [-0.39, 0.29) is 17.8 Å². The summed E-state index contributed by atoms with van der Waals surface area (Å²) in [4.78, 5) is 11.5. The van der Waals surface area contributed by atoms with E-state index < -0.39 is 62.1 Å². The number of carbonyl (C=O) groups is 1. The summed E-state index contributed by atoms with van der Waals surface area (Å²) in [5.41, 5.74) is 0.638. The zero-order valence-electron chi connectivity index (χ0n) is 30.3. The fourth-order valence-corrected chi connectivity index (χ4v) is 7.95. The molecule has 0 aromatic heterocycles. The lowest BCUT2D eigenvalue weighted by Gasteiger charge is -2.44. The quantitative estimate of drug-likeness (QED) is 0.265. The molecule has 0 amide bonds. The zero-order chi connectivity index (χ0) is 35.1. The first-order valence-electron chi connectivity index (χ1n) is 18.1. The molecule has 0 aromatic rings. The second-order valence-electron chi connectivity index (χ2n) is 13.1. The average molecular weight is 583 g/mol. The summed E-state index contributed by atoms with van der Waals surface area (Å²) in [5, 5.41) is 50.6. The zero-order valence-corrected chi connectivity index (χ0v) is 24.3. The molecule has 8 nitrogen and oxygen atoms in total. The van der Waals surface area contributed by atoms with Gasteiger partial charge in [-0.05, 0) is 100 Å². The van der Waals surface area contributed by atoms with Crippen molar-refractivity contribution in [1.82, 2.24) is 0 Å². The second-order valence-corrected chi connectivity index (χ2v) is 13.1. The highest BCUT2D eigenvalue weighted by Crippen LogP contribution is 2.60. The van der Waals surface area contributed by atoms with Crippen LogP contribution < -0.4 is 0 Å². The van der Waals surface area contributed by atoms with E-state index in [2.05, 4.69) is 32.6 Å². The van der Waals surface area contributed by atoms with Gasteiger partial charge in [-0.1, -0.05) is 56.6 Å². The van der Waals surface area contributed by atoms with E-state index in [0.29, 0.717) is 43.9 Å². The fourth-order valence-electron chi connectivity index (χ4n) is 7.95. The molecule has 4 aliphatic rings. The number of hydrogen-bond donors (Lipinski definition) is 5. The molecular formula is C33H52O8. The van der Waals surface area contributed by atoms with E-state index in [1.807, 2.05) is 0 Å². The van der Waals surface area contributed by atoms with Crippen LogP contribution in [0, 0.1) is 23.2 Å². The average Bonchev–Trinajstić information content (AvgIpc) is 3.33. The van der Waals surface area contributed by atoms with Gasteiger partial charge in [-0.25, -0.2) is 4.79 Å². The summed E-state index contributed by atoms with van der Waals surface area (Å²) in [7, 11) is 0. The molecule has 4 rings (SSSR count). The Kier molecular flexibility index (Phi) is 7.87. The lowest BCUT2D eigenvalue weighted by Crippen LogP contribution is -2.60. The number of ether oxygens (including phenoxy) is 2. The minimum Gasteiger partial charge on any atom is -0.479 e. The Bertz CT molecular complexity index is 1200. The number of rotatable bonds is 9. The van der Waals surface area contributed by atoms with Crippen LogP contribution in [0.25, 0.3) is 0 Å². The largest absolute Gasteiger partial charge is 0.479 e. The van der Waals surface area contributed by atoms with Gasteiger partial charge >= 0.3 is 5.97 Å². The number of hydrogen-bond acceptors (Lipinski definition) is 7. The van der Waals surface area contributed by atoms with Crippen molar-refractivity contribution in [1.29, 1.82) is 0 Å². The maximum absolute atomic E-state index is 11.5. The molecule has 8 heteroatoms. The van der Waals surface area contributed by atoms with Crippen LogP contribution in [0.3, 0.4) is 0 Å². The van der Waals surface area contributed by atoms with E-state index >= 15 is 0 Å². The number of fused-ring (bicyclic) bond motifs is 1. The normalized spacial score (nSPS) is 43.8. The van der Waals surface area contributed by atoms with E-state index in [1.165, 1.54) is 5.57 Å². The standard InChI is InChI=1S/C33H52O8/c1-19-10-13-23(40-31-28(36)26(34)27(35)29(41-31)30(37)38)18-22(19)12-11-21-9-7-17-33(5)24(14-15-25(21)33)20(2)8-6-16-32(3,4)39/h11-12,20,23-29,31,34-36,39H,1,6-10,13-18H2,2-5H3,(H,37,38)/b21-11+,22-12-/t20-,23+,24-,25+,26+,27+,28-,29+,31-,33-/m1/s1/i3D3,4D3. The first-order valence-corrected chi connectivity index (χ1v) is 15.1. The van der Waals surface area contributed by atoms with Crippen LogP contribution in [0.4, 0.5) is 0 Å². The van der Waals surface area contributed by atoms with Crippen molar-refractivity contribution in [3.63, 3.8) is 0 Å². The molecule has 1 saturated heterocycles. The molecule has 4 fully saturated rings. The van der Waals surface area contributed by atoms with Crippen molar-refractivity contribution >= 4 is 5.97 Å². The van der Waals surface area contributed by atoms with Crippen LogP contribution in [-0.2, 0) is 14.3 Å². The molecule has 1 aliphatic heterocycles. The molecule has 41 heavy (non-hydrogen) atoms. The van der Waals surface area contributed by atoms with Crippen LogP contribution in [0.15, 0.2) is 35.5 Å². The van der Waals surface area contributed by atoms with Gasteiger partial charge in [0.2, 0.25) is 0 Å². The SMILES string of the molecule is [2H]C([2H])([2H])C(O)(CCC[C@@H](C)[C@H]1CC[C@H]2/C(=C/C=C3/C[C@@H](O[C@@H]4O[C@H](C(=O)O)[C@@H](O)[C@H](O)[C@H]4O)CCC3=C)CCC[C@]12C)C([2H])([2H])[2H]. The summed E-state index contributed by atoms with van der Waals surface area (Å²) in [6.07, 6.45) is 3.05. The van der Waals surface area contributed by atoms with E-state index in [4.69, 9.17) is 17.7 Å². The number of carboxylic acid groups (broad SMARTS) is 1. The highest BCUT2D eigenvalue weighted by atomic mass is 16.7. The lowest BCUT2D eigenvalue weighted by atomic mass is 9.60. The van der Waals surface area contributed by atoms with E-state index in [9.17, 15) is 30.3 Å². The summed E-state index contributed by atoms with van der Waals surface area (Å²) < 4.78 is 57.2. The van der Waals surface area contributed by atoms with Crippen molar-refractivity contribution < 1.29 is 48.0 Å². The van der Waals surface area contributed by atoms with Crippen molar-refractivity contribution in [3.05, 3.63) is 35.5 Å².